The van der Waals surface area contributed by atoms with Gasteiger partial charge in [0.1, 0.15) is 5.75 Å². The van der Waals surface area contributed by atoms with Gasteiger partial charge >= 0.3 is 5.97 Å². The first-order valence-electron chi connectivity index (χ1n) is 9.86. The summed E-state index contributed by atoms with van der Waals surface area (Å²) in [7, 11) is 1.53. The number of aryl methyl sites for hydroxylation is 1. The summed E-state index contributed by atoms with van der Waals surface area (Å²) in [5.74, 6) is -0.295. The maximum absolute atomic E-state index is 13.0. The van der Waals surface area contributed by atoms with Gasteiger partial charge < -0.3 is 9.47 Å². The average molecular weight is 411 g/mol. The minimum absolute atomic E-state index is 0.301. The molecule has 0 saturated carbocycles. The van der Waals surface area contributed by atoms with Gasteiger partial charge in [-0.2, -0.15) is 0 Å². The lowest BCUT2D eigenvalue weighted by Gasteiger charge is -2.11. The fraction of sp³-hybridized carbons (Fsp3) is 0.115. The van der Waals surface area contributed by atoms with Crippen molar-refractivity contribution in [2.75, 3.05) is 13.7 Å². The Morgan fingerprint density at radius 3 is 2.48 bits per heavy atom. The van der Waals surface area contributed by atoms with Crippen LogP contribution in [0, 0.1) is 6.92 Å². The fourth-order valence-corrected chi connectivity index (χ4v) is 3.35. The molecule has 0 radical (unpaired) electrons. The monoisotopic (exact) mass is 411 g/mol. The first-order chi connectivity index (χ1) is 15.0. The van der Waals surface area contributed by atoms with Crippen LogP contribution in [0.3, 0.4) is 0 Å². The second-order valence-electron chi connectivity index (χ2n) is 7.17. The number of Topliss-reactive ketones (excluding diaryl/α,β-unsaturated/α-hetero) is 1. The molecule has 1 heterocycles. The molecule has 5 heteroatoms. The van der Waals surface area contributed by atoms with Crippen LogP contribution in [0.5, 0.6) is 5.75 Å². The lowest BCUT2D eigenvalue weighted by Crippen LogP contribution is -2.15. The molecule has 0 unspecified atom stereocenters. The summed E-state index contributed by atoms with van der Waals surface area (Å²) in [4.78, 5) is 30.2. The second-order valence-corrected chi connectivity index (χ2v) is 7.17. The van der Waals surface area contributed by atoms with Crippen molar-refractivity contribution in [3.8, 4) is 17.0 Å². The highest BCUT2D eigenvalue weighted by molar-refractivity contribution is 6.06. The Morgan fingerprint density at radius 1 is 0.903 bits per heavy atom. The van der Waals surface area contributed by atoms with Crippen LogP contribution in [0.15, 0.2) is 78.9 Å². The third-order valence-corrected chi connectivity index (χ3v) is 4.98. The highest BCUT2D eigenvalue weighted by atomic mass is 16.5. The number of benzene rings is 3. The summed E-state index contributed by atoms with van der Waals surface area (Å²) in [6, 6.07) is 23.8. The molecule has 3 aromatic carbocycles. The van der Waals surface area contributed by atoms with Gasteiger partial charge in [0.15, 0.2) is 12.4 Å². The maximum atomic E-state index is 13.0. The van der Waals surface area contributed by atoms with E-state index in [0.29, 0.717) is 33.5 Å². The molecule has 0 N–H and O–H groups in total. The lowest BCUT2D eigenvalue weighted by molar-refractivity contribution is 0.0476. The van der Waals surface area contributed by atoms with Gasteiger partial charge in [0.25, 0.3) is 0 Å². The van der Waals surface area contributed by atoms with Crippen molar-refractivity contribution in [3.63, 3.8) is 0 Å². The van der Waals surface area contributed by atoms with Gasteiger partial charge in [-0.25, -0.2) is 9.78 Å². The number of esters is 1. The summed E-state index contributed by atoms with van der Waals surface area (Å²) >= 11 is 0. The molecular weight excluding hydrogens is 390 g/mol. The normalized spacial score (nSPS) is 10.6. The van der Waals surface area contributed by atoms with Crippen molar-refractivity contribution in [3.05, 3.63) is 95.6 Å². The van der Waals surface area contributed by atoms with E-state index in [0.717, 1.165) is 11.1 Å². The first-order valence-corrected chi connectivity index (χ1v) is 9.86. The van der Waals surface area contributed by atoms with Gasteiger partial charge in [-0.1, -0.05) is 54.1 Å². The molecular formula is C26H21NO4. The van der Waals surface area contributed by atoms with Crippen LogP contribution in [-0.4, -0.2) is 30.5 Å². The van der Waals surface area contributed by atoms with Crippen molar-refractivity contribution < 1.29 is 19.1 Å². The van der Waals surface area contributed by atoms with Crippen LogP contribution in [0.1, 0.15) is 26.3 Å². The minimum atomic E-state index is -0.563. The lowest BCUT2D eigenvalue weighted by atomic mass is 10.0. The molecule has 0 bridgehead atoms. The molecule has 154 valence electrons. The van der Waals surface area contributed by atoms with Crippen molar-refractivity contribution in [2.45, 2.75) is 6.92 Å². The standard InChI is InChI=1S/C26H21NO4/c1-17-11-12-23-21(13-17)22(15-24(27-23)18-7-4-3-5-8-18)26(29)31-16-25(28)19-9-6-10-20(14-19)30-2/h3-15H,16H2,1-2H3. The molecule has 4 rings (SSSR count). The van der Waals surface area contributed by atoms with E-state index < -0.39 is 5.97 Å². The van der Waals surface area contributed by atoms with E-state index in [4.69, 9.17) is 14.5 Å². The quantitative estimate of drug-likeness (QED) is 0.320. The number of pyridine rings is 1. The molecule has 0 aliphatic carbocycles. The number of rotatable bonds is 6. The smallest absolute Gasteiger partial charge is 0.339 e. The molecule has 31 heavy (non-hydrogen) atoms. The highest BCUT2D eigenvalue weighted by Crippen LogP contribution is 2.26. The molecule has 5 nitrogen and oxygen atoms in total. The topological polar surface area (TPSA) is 65.5 Å². The number of hydrogen-bond acceptors (Lipinski definition) is 5. The SMILES string of the molecule is COc1cccc(C(=O)COC(=O)c2cc(-c3ccccc3)nc3ccc(C)cc23)c1. The zero-order chi connectivity index (χ0) is 21.8. The summed E-state index contributed by atoms with van der Waals surface area (Å²) in [5, 5.41) is 0.693. The molecule has 4 aromatic rings. The zero-order valence-corrected chi connectivity index (χ0v) is 17.3. The van der Waals surface area contributed by atoms with E-state index in [1.807, 2.05) is 55.5 Å². The number of carbonyl (C=O) groups is 2. The average Bonchev–Trinajstić information content (AvgIpc) is 2.82. The number of methoxy groups -OCH3 is 1. The van der Waals surface area contributed by atoms with E-state index in [1.165, 1.54) is 7.11 Å². The van der Waals surface area contributed by atoms with Gasteiger partial charge in [-0.15, -0.1) is 0 Å². The molecule has 0 aliphatic heterocycles. The number of carbonyl (C=O) groups excluding carboxylic acids is 2. The Hall–Kier alpha value is -3.99. The van der Waals surface area contributed by atoms with E-state index in [-0.39, 0.29) is 12.4 Å². The van der Waals surface area contributed by atoms with Gasteiger partial charge in [0.2, 0.25) is 0 Å². The molecule has 1 aromatic heterocycles. The Labute approximate surface area is 180 Å². The van der Waals surface area contributed by atoms with Crippen molar-refractivity contribution in [2.24, 2.45) is 0 Å². The number of nitrogens with zero attached hydrogens (tertiary/aromatic N) is 1. The third-order valence-electron chi connectivity index (χ3n) is 4.98. The molecule has 0 fully saturated rings. The molecule has 0 saturated heterocycles. The number of ketones is 1. The minimum Gasteiger partial charge on any atom is -0.497 e. The maximum Gasteiger partial charge on any atom is 0.339 e. The van der Waals surface area contributed by atoms with Crippen molar-refractivity contribution >= 4 is 22.7 Å². The Kier molecular flexibility index (Phi) is 5.76. The zero-order valence-electron chi connectivity index (χ0n) is 17.3. The number of ether oxygens (including phenoxy) is 2. The van der Waals surface area contributed by atoms with E-state index in [9.17, 15) is 9.59 Å². The van der Waals surface area contributed by atoms with Crippen LogP contribution in [0.4, 0.5) is 0 Å². The van der Waals surface area contributed by atoms with E-state index in [1.54, 1.807) is 30.3 Å². The van der Waals surface area contributed by atoms with Crippen molar-refractivity contribution in [1.29, 1.82) is 0 Å². The second kappa shape index (κ2) is 8.79. The first kappa shape index (κ1) is 20.3. The number of fused-ring (bicyclic) bond motifs is 1. The third kappa shape index (κ3) is 4.46. The van der Waals surface area contributed by atoms with Crippen LogP contribution in [0.2, 0.25) is 0 Å². The van der Waals surface area contributed by atoms with E-state index in [2.05, 4.69) is 0 Å². The molecule has 0 amide bonds. The van der Waals surface area contributed by atoms with Crippen LogP contribution in [0.25, 0.3) is 22.2 Å². The van der Waals surface area contributed by atoms with Gasteiger partial charge in [0.05, 0.1) is 23.9 Å². The molecule has 0 atom stereocenters. The highest BCUT2D eigenvalue weighted by Gasteiger charge is 2.17. The molecule has 0 spiro atoms. The van der Waals surface area contributed by atoms with Crippen molar-refractivity contribution in [1.82, 2.24) is 4.98 Å². The predicted octanol–water partition coefficient (Wildman–Crippen LogP) is 5.26. The van der Waals surface area contributed by atoms with Gasteiger partial charge in [-0.3, -0.25) is 4.79 Å². The van der Waals surface area contributed by atoms with E-state index >= 15 is 0 Å². The summed E-state index contributed by atoms with van der Waals surface area (Å²) in [5.41, 5.74) is 4.06. The van der Waals surface area contributed by atoms with Gasteiger partial charge in [0, 0.05) is 16.5 Å². The number of aromatic nitrogens is 1. The Morgan fingerprint density at radius 2 is 1.71 bits per heavy atom. The van der Waals surface area contributed by atoms with Gasteiger partial charge in [-0.05, 0) is 37.3 Å². The number of hydrogen-bond donors (Lipinski definition) is 0. The molecule has 0 aliphatic rings. The van der Waals surface area contributed by atoms with Crippen LogP contribution >= 0.6 is 0 Å². The Bertz CT molecular complexity index is 1270. The summed E-state index contributed by atoms with van der Waals surface area (Å²) in [6.45, 7) is 1.59. The Balaban J connectivity index is 1.64. The summed E-state index contributed by atoms with van der Waals surface area (Å²) in [6.07, 6.45) is 0. The predicted molar refractivity (Wildman–Crippen MR) is 120 cm³/mol. The summed E-state index contributed by atoms with van der Waals surface area (Å²) < 4.78 is 10.5. The largest absolute Gasteiger partial charge is 0.497 e. The fourth-order valence-electron chi connectivity index (χ4n) is 3.35. The van der Waals surface area contributed by atoms with Crippen LogP contribution < -0.4 is 4.74 Å². The van der Waals surface area contributed by atoms with Crippen LogP contribution in [-0.2, 0) is 4.74 Å².